The minimum Gasteiger partial charge on any atom is -0.491 e. The first-order chi connectivity index (χ1) is 12.4. The molecule has 2 rings (SSSR count). The first-order valence-electron chi connectivity index (χ1n) is 9.32. The highest BCUT2D eigenvalue weighted by molar-refractivity contribution is 5.92. The summed E-state index contributed by atoms with van der Waals surface area (Å²) in [6, 6.07) is 7.88. The monoisotopic (exact) mass is 359 g/mol. The fraction of sp³-hybridized carbons (Fsp3) is 0.524. The molecule has 0 bridgehead atoms. The Morgan fingerprint density at radius 2 is 2.00 bits per heavy atom. The summed E-state index contributed by atoms with van der Waals surface area (Å²) < 4.78 is 10.7. The van der Waals surface area contributed by atoms with E-state index in [9.17, 15) is 9.59 Å². The summed E-state index contributed by atoms with van der Waals surface area (Å²) in [4.78, 5) is 26.3. The van der Waals surface area contributed by atoms with Crippen LogP contribution in [0.2, 0.25) is 0 Å². The second-order valence-electron chi connectivity index (χ2n) is 6.95. The summed E-state index contributed by atoms with van der Waals surface area (Å²) in [6.45, 7) is 8.29. The van der Waals surface area contributed by atoms with Crippen LogP contribution in [-0.4, -0.2) is 42.1 Å². The van der Waals surface area contributed by atoms with E-state index in [0.717, 1.165) is 24.2 Å². The van der Waals surface area contributed by atoms with Crippen LogP contribution >= 0.6 is 0 Å². The molecule has 0 N–H and O–H groups in total. The van der Waals surface area contributed by atoms with E-state index in [2.05, 4.69) is 0 Å². The first-order valence-corrected chi connectivity index (χ1v) is 9.32. The summed E-state index contributed by atoms with van der Waals surface area (Å²) in [5.41, 5.74) is 0.908. The number of nitrogens with zero attached hydrogens (tertiary/aromatic N) is 1. The number of amides is 1. The SMILES string of the molecule is CCOC(=O)C(C)CN(C(=O)/C=C/c1cccc(OC(C)C)c1)C1CC1. The molecular weight excluding hydrogens is 330 g/mol. The van der Waals surface area contributed by atoms with E-state index in [1.807, 2.05) is 38.1 Å². The van der Waals surface area contributed by atoms with Crippen LogP contribution in [0.5, 0.6) is 5.75 Å². The minimum atomic E-state index is -0.323. The van der Waals surface area contributed by atoms with E-state index in [4.69, 9.17) is 9.47 Å². The van der Waals surface area contributed by atoms with Crippen LogP contribution in [0.15, 0.2) is 30.3 Å². The second kappa shape index (κ2) is 9.41. The molecule has 1 atom stereocenters. The standard InChI is InChI=1S/C21H29NO4/c1-5-25-21(24)16(4)14-22(18-10-11-18)20(23)12-9-17-7-6-8-19(13-17)26-15(2)3/h6-9,12-13,15-16,18H,5,10-11,14H2,1-4H3/b12-9+. The molecule has 0 aliphatic heterocycles. The maximum Gasteiger partial charge on any atom is 0.310 e. The summed E-state index contributed by atoms with van der Waals surface area (Å²) in [5, 5.41) is 0. The van der Waals surface area contributed by atoms with E-state index in [1.165, 1.54) is 0 Å². The molecule has 0 radical (unpaired) electrons. The zero-order chi connectivity index (χ0) is 19.1. The third-order valence-electron chi connectivity index (χ3n) is 4.08. The van der Waals surface area contributed by atoms with Crippen molar-refractivity contribution in [1.82, 2.24) is 4.90 Å². The highest BCUT2D eigenvalue weighted by Crippen LogP contribution is 2.28. The zero-order valence-corrected chi connectivity index (χ0v) is 16.1. The van der Waals surface area contributed by atoms with Gasteiger partial charge in [0.2, 0.25) is 5.91 Å². The molecule has 5 heteroatoms. The molecule has 1 fully saturated rings. The average Bonchev–Trinajstić information content (AvgIpc) is 3.42. The number of esters is 1. The van der Waals surface area contributed by atoms with Crippen LogP contribution < -0.4 is 4.74 Å². The van der Waals surface area contributed by atoms with Gasteiger partial charge in [-0.3, -0.25) is 9.59 Å². The van der Waals surface area contributed by atoms with Crippen molar-refractivity contribution >= 4 is 18.0 Å². The van der Waals surface area contributed by atoms with Crippen LogP contribution in [0, 0.1) is 5.92 Å². The Kier molecular flexibility index (Phi) is 7.25. The number of carbonyl (C=O) groups excluding carboxylic acids is 2. The summed E-state index contributed by atoms with van der Waals surface area (Å²) in [6.07, 6.45) is 5.45. The van der Waals surface area contributed by atoms with Crippen molar-refractivity contribution < 1.29 is 19.1 Å². The second-order valence-corrected chi connectivity index (χ2v) is 6.95. The summed E-state index contributed by atoms with van der Waals surface area (Å²) in [7, 11) is 0. The van der Waals surface area contributed by atoms with Gasteiger partial charge in [0, 0.05) is 18.7 Å². The fourth-order valence-corrected chi connectivity index (χ4v) is 2.69. The van der Waals surface area contributed by atoms with Crippen LogP contribution in [0.25, 0.3) is 6.08 Å². The van der Waals surface area contributed by atoms with Crippen molar-refractivity contribution in [3.63, 3.8) is 0 Å². The largest absolute Gasteiger partial charge is 0.491 e. The molecule has 0 saturated heterocycles. The zero-order valence-electron chi connectivity index (χ0n) is 16.1. The third-order valence-corrected chi connectivity index (χ3v) is 4.08. The molecule has 1 aliphatic carbocycles. The molecule has 1 aliphatic rings. The highest BCUT2D eigenvalue weighted by atomic mass is 16.5. The van der Waals surface area contributed by atoms with E-state index in [1.54, 1.807) is 30.9 Å². The van der Waals surface area contributed by atoms with Crippen LogP contribution in [0.3, 0.4) is 0 Å². The van der Waals surface area contributed by atoms with Crippen LogP contribution in [-0.2, 0) is 14.3 Å². The fourth-order valence-electron chi connectivity index (χ4n) is 2.69. The van der Waals surface area contributed by atoms with Crippen molar-refractivity contribution in [2.45, 2.75) is 52.7 Å². The van der Waals surface area contributed by atoms with Gasteiger partial charge >= 0.3 is 5.97 Å². The number of hydrogen-bond acceptors (Lipinski definition) is 4. The Morgan fingerprint density at radius 1 is 1.27 bits per heavy atom. The van der Waals surface area contributed by atoms with Crippen molar-refractivity contribution in [3.05, 3.63) is 35.9 Å². The molecular formula is C21H29NO4. The van der Waals surface area contributed by atoms with Gasteiger partial charge in [-0.15, -0.1) is 0 Å². The topological polar surface area (TPSA) is 55.8 Å². The lowest BCUT2D eigenvalue weighted by Crippen LogP contribution is -2.38. The molecule has 1 aromatic rings. The van der Waals surface area contributed by atoms with E-state index in [0.29, 0.717) is 13.2 Å². The van der Waals surface area contributed by atoms with Crippen LogP contribution in [0.4, 0.5) is 0 Å². The van der Waals surface area contributed by atoms with Crippen LogP contribution in [0.1, 0.15) is 46.1 Å². The Bertz CT molecular complexity index is 649. The Morgan fingerprint density at radius 3 is 2.62 bits per heavy atom. The van der Waals surface area contributed by atoms with Gasteiger partial charge in [-0.2, -0.15) is 0 Å². The molecule has 0 spiro atoms. The van der Waals surface area contributed by atoms with E-state index < -0.39 is 0 Å². The van der Waals surface area contributed by atoms with Gasteiger partial charge in [0.05, 0.1) is 18.6 Å². The predicted molar refractivity (Wildman–Crippen MR) is 102 cm³/mol. The molecule has 1 saturated carbocycles. The molecule has 1 amide bonds. The van der Waals surface area contributed by atoms with Crippen molar-refractivity contribution in [3.8, 4) is 5.75 Å². The molecule has 1 unspecified atom stereocenters. The van der Waals surface area contributed by atoms with Gasteiger partial charge in [-0.25, -0.2) is 0 Å². The summed E-state index contributed by atoms with van der Waals surface area (Å²) in [5.74, 6) is 0.132. The first kappa shape index (κ1) is 20.0. The lowest BCUT2D eigenvalue weighted by atomic mass is 10.1. The van der Waals surface area contributed by atoms with Gasteiger partial charge < -0.3 is 14.4 Å². The number of ether oxygens (including phenoxy) is 2. The molecule has 26 heavy (non-hydrogen) atoms. The highest BCUT2D eigenvalue weighted by Gasteiger charge is 2.33. The van der Waals surface area contributed by atoms with Crippen molar-refractivity contribution in [2.24, 2.45) is 5.92 Å². The van der Waals surface area contributed by atoms with Gasteiger partial charge in [-0.05, 0) is 57.4 Å². The van der Waals surface area contributed by atoms with Crippen molar-refractivity contribution in [2.75, 3.05) is 13.2 Å². The van der Waals surface area contributed by atoms with E-state index in [-0.39, 0.29) is 29.9 Å². The minimum absolute atomic E-state index is 0.0705. The van der Waals surface area contributed by atoms with Gasteiger partial charge in [0.15, 0.2) is 0 Å². The number of benzene rings is 1. The Hall–Kier alpha value is -2.30. The van der Waals surface area contributed by atoms with Crippen molar-refractivity contribution in [1.29, 1.82) is 0 Å². The van der Waals surface area contributed by atoms with Gasteiger partial charge in [-0.1, -0.05) is 19.1 Å². The predicted octanol–water partition coefficient (Wildman–Crippen LogP) is 3.68. The maximum atomic E-state index is 12.6. The molecule has 0 heterocycles. The number of rotatable bonds is 9. The quantitative estimate of drug-likeness (QED) is 0.499. The number of carbonyl (C=O) groups is 2. The molecule has 142 valence electrons. The van der Waals surface area contributed by atoms with Gasteiger partial charge in [0.25, 0.3) is 0 Å². The van der Waals surface area contributed by atoms with Gasteiger partial charge in [0.1, 0.15) is 5.75 Å². The average molecular weight is 359 g/mol. The van der Waals surface area contributed by atoms with E-state index >= 15 is 0 Å². The summed E-state index contributed by atoms with van der Waals surface area (Å²) >= 11 is 0. The Labute approximate surface area is 156 Å². The lowest BCUT2D eigenvalue weighted by Gasteiger charge is -2.23. The lowest BCUT2D eigenvalue weighted by molar-refractivity contribution is -0.148. The molecule has 1 aromatic carbocycles. The Balaban J connectivity index is 2.01. The third kappa shape index (κ3) is 6.21. The molecule has 0 aromatic heterocycles. The maximum absolute atomic E-state index is 12.6. The normalized spacial score (nSPS) is 15.1. The number of hydrogen-bond donors (Lipinski definition) is 0. The molecule has 5 nitrogen and oxygen atoms in total. The smallest absolute Gasteiger partial charge is 0.310 e.